The summed E-state index contributed by atoms with van der Waals surface area (Å²) in [6.07, 6.45) is 0.691. The Labute approximate surface area is 92.7 Å². The van der Waals surface area contributed by atoms with Gasteiger partial charge in [-0.15, -0.1) is 11.3 Å². The Morgan fingerprint density at radius 3 is 3.00 bits per heavy atom. The number of hydrogen-bond donors (Lipinski definition) is 0. The SMILES string of the molecule is O=Cc1cc2ccsc2c(F)c1CBr. The summed E-state index contributed by atoms with van der Waals surface area (Å²) in [5.41, 5.74) is 0.861. The molecule has 14 heavy (non-hydrogen) atoms. The van der Waals surface area contributed by atoms with Crippen molar-refractivity contribution in [3.05, 3.63) is 34.5 Å². The van der Waals surface area contributed by atoms with E-state index in [9.17, 15) is 9.18 Å². The van der Waals surface area contributed by atoms with Crippen molar-refractivity contribution in [2.45, 2.75) is 5.33 Å². The molecular weight excluding hydrogens is 267 g/mol. The largest absolute Gasteiger partial charge is 0.298 e. The van der Waals surface area contributed by atoms with Crippen molar-refractivity contribution in [3.8, 4) is 0 Å². The average Bonchev–Trinajstić information content (AvgIpc) is 2.65. The first-order chi connectivity index (χ1) is 6.77. The first kappa shape index (κ1) is 9.80. The Hall–Kier alpha value is -0.740. The van der Waals surface area contributed by atoms with Crippen molar-refractivity contribution in [1.29, 1.82) is 0 Å². The number of alkyl halides is 1. The number of fused-ring (bicyclic) bond motifs is 1. The van der Waals surface area contributed by atoms with E-state index in [2.05, 4.69) is 15.9 Å². The molecule has 0 aliphatic rings. The van der Waals surface area contributed by atoms with Crippen LogP contribution in [0.15, 0.2) is 17.5 Å². The molecule has 0 atom stereocenters. The van der Waals surface area contributed by atoms with Crippen molar-refractivity contribution >= 4 is 43.6 Å². The maximum atomic E-state index is 13.8. The van der Waals surface area contributed by atoms with Gasteiger partial charge < -0.3 is 0 Å². The molecule has 0 N–H and O–H groups in total. The van der Waals surface area contributed by atoms with E-state index in [-0.39, 0.29) is 5.82 Å². The molecule has 0 unspecified atom stereocenters. The molecule has 0 saturated heterocycles. The zero-order valence-electron chi connectivity index (χ0n) is 7.09. The highest BCUT2D eigenvalue weighted by atomic mass is 79.9. The van der Waals surface area contributed by atoms with Gasteiger partial charge in [0.15, 0.2) is 0 Å². The number of benzene rings is 1. The molecule has 0 radical (unpaired) electrons. The molecule has 1 nitrogen and oxygen atoms in total. The molecule has 1 aromatic carbocycles. The molecule has 0 amide bonds. The van der Waals surface area contributed by atoms with Gasteiger partial charge >= 0.3 is 0 Å². The average molecular weight is 273 g/mol. The number of carbonyl (C=O) groups excluding carboxylic acids is 1. The lowest BCUT2D eigenvalue weighted by molar-refractivity contribution is 0.112. The predicted octanol–water partition coefficient (Wildman–Crippen LogP) is 3.75. The van der Waals surface area contributed by atoms with Crippen LogP contribution in [0.25, 0.3) is 10.1 Å². The van der Waals surface area contributed by atoms with Crippen molar-refractivity contribution in [2.24, 2.45) is 0 Å². The minimum atomic E-state index is -0.281. The second-order valence-electron chi connectivity index (χ2n) is 2.85. The number of hydrogen-bond acceptors (Lipinski definition) is 2. The summed E-state index contributed by atoms with van der Waals surface area (Å²) >= 11 is 4.53. The van der Waals surface area contributed by atoms with Crippen LogP contribution in [0.1, 0.15) is 15.9 Å². The monoisotopic (exact) mass is 272 g/mol. The lowest BCUT2D eigenvalue weighted by atomic mass is 10.1. The van der Waals surface area contributed by atoms with E-state index in [1.54, 1.807) is 6.07 Å². The molecule has 0 spiro atoms. The summed E-state index contributed by atoms with van der Waals surface area (Å²) in [4.78, 5) is 10.7. The molecular formula is C10H6BrFOS. The van der Waals surface area contributed by atoms with Crippen molar-refractivity contribution < 1.29 is 9.18 Å². The van der Waals surface area contributed by atoms with Crippen molar-refractivity contribution in [1.82, 2.24) is 0 Å². The number of rotatable bonds is 2. The third-order valence-corrected chi connectivity index (χ3v) is 3.56. The molecule has 0 aliphatic heterocycles. The quantitative estimate of drug-likeness (QED) is 0.601. The standard InChI is InChI=1S/C10H6BrFOS/c11-4-8-7(5-13)3-6-1-2-14-10(6)9(8)12/h1-3,5H,4H2. The number of halogens is 2. The predicted molar refractivity (Wildman–Crippen MR) is 59.8 cm³/mol. The van der Waals surface area contributed by atoms with E-state index in [1.165, 1.54) is 11.3 Å². The van der Waals surface area contributed by atoms with E-state index in [0.717, 1.165) is 5.39 Å². The van der Waals surface area contributed by atoms with Crippen LogP contribution in [0.4, 0.5) is 4.39 Å². The Bertz CT molecular complexity index is 492. The van der Waals surface area contributed by atoms with Crippen LogP contribution in [-0.2, 0) is 5.33 Å². The number of carbonyl (C=O) groups is 1. The van der Waals surface area contributed by atoms with E-state index < -0.39 is 0 Å². The highest BCUT2D eigenvalue weighted by molar-refractivity contribution is 9.08. The maximum Gasteiger partial charge on any atom is 0.150 e. The van der Waals surface area contributed by atoms with Gasteiger partial charge in [0.2, 0.25) is 0 Å². The van der Waals surface area contributed by atoms with Crippen LogP contribution in [0.2, 0.25) is 0 Å². The topological polar surface area (TPSA) is 17.1 Å². The smallest absolute Gasteiger partial charge is 0.150 e. The first-order valence-electron chi connectivity index (χ1n) is 3.97. The summed E-state index contributed by atoms with van der Waals surface area (Å²) in [6.45, 7) is 0. The van der Waals surface area contributed by atoms with E-state index >= 15 is 0 Å². The van der Waals surface area contributed by atoms with E-state index in [0.29, 0.717) is 27.4 Å². The van der Waals surface area contributed by atoms with Crippen LogP contribution in [0.3, 0.4) is 0 Å². The van der Waals surface area contributed by atoms with E-state index in [1.807, 2.05) is 11.4 Å². The Morgan fingerprint density at radius 1 is 1.57 bits per heavy atom. The highest BCUT2D eigenvalue weighted by Gasteiger charge is 2.12. The molecule has 1 heterocycles. The van der Waals surface area contributed by atoms with Gasteiger partial charge in [0.05, 0.1) is 4.70 Å². The van der Waals surface area contributed by atoms with Gasteiger partial charge in [-0.25, -0.2) is 4.39 Å². The zero-order valence-corrected chi connectivity index (χ0v) is 9.49. The normalized spacial score (nSPS) is 10.7. The van der Waals surface area contributed by atoms with Crippen LogP contribution < -0.4 is 0 Å². The molecule has 2 rings (SSSR count). The van der Waals surface area contributed by atoms with Gasteiger partial charge in [-0.1, -0.05) is 15.9 Å². The van der Waals surface area contributed by atoms with Gasteiger partial charge in [-0.05, 0) is 22.9 Å². The minimum Gasteiger partial charge on any atom is -0.298 e. The summed E-state index contributed by atoms with van der Waals surface area (Å²) in [6, 6.07) is 3.53. The van der Waals surface area contributed by atoms with E-state index in [4.69, 9.17) is 0 Å². The van der Waals surface area contributed by atoms with Crippen LogP contribution >= 0.6 is 27.3 Å². The fourth-order valence-electron chi connectivity index (χ4n) is 1.37. The molecule has 1 aromatic heterocycles. The van der Waals surface area contributed by atoms with Gasteiger partial charge in [0.25, 0.3) is 0 Å². The third kappa shape index (κ3) is 1.38. The van der Waals surface area contributed by atoms with Crippen molar-refractivity contribution in [2.75, 3.05) is 0 Å². The minimum absolute atomic E-state index is 0.281. The number of thiophene rings is 1. The molecule has 72 valence electrons. The van der Waals surface area contributed by atoms with Crippen molar-refractivity contribution in [3.63, 3.8) is 0 Å². The summed E-state index contributed by atoms with van der Waals surface area (Å²) in [5.74, 6) is -0.281. The number of aldehydes is 1. The lowest BCUT2D eigenvalue weighted by Crippen LogP contribution is -1.94. The van der Waals surface area contributed by atoms with Gasteiger partial charge in [0.1, 0.15) is 12.1 Å². The maximum absolute atomic E-state index is 13.8. The van der Waals surface area contributed by atoms with Gasteiger partial charge in [-0.2, -0.15) is 0 Å². The molecule has 0 bridgehead atoms. The molecule has 0 fully saturated rings. The zero-order chi connectivity index (χ0) is 10.1. The fourth-order valence-corrected chi connectivity index (χ4v) is 2.78. The third-order valence-electron chi connectivity index (χ3n) is 2.08. The summed E-state index contributed by atoms with van der Waals surface area (Å²) in [7, 11) is 0. The Morgan fingerprint density at radius 2 is 2.36 bits per heavy atom. The lowest BCUT2D eigenvalue weighted by Gasteiger charge is -2.03. The highest BCUT2D eigenvalue weighted by Crippen LogP contribution is 2.29. The van der Waals surface area contributed by atoms with Crippen LogP contribution in [-0.4, -0.2) is 6.29 Å². The summed E-state index contributed by atoms with van der Waals surface area (Å²) < 4.78 is 14.4. The first-order valence-corrected chi connectivity index (χ1v) is 5.97. The van der Waals surface area contributed by atoms with Crippen LogP contribution in [0, 0.1) is 5.82 Å². The molecule has 2 aromatic rings. The molecule has 0 aliphatic carbocycles. The molecule has 0 saturated carbocycles. The molecule has 4 heteroatoms. The summed E-state index contributed by atoms with van der Waals surface area (Å²) in [5, 5.41) is 2.97. The fraction of sp³-hybridized carbons (Fsp3) is 0.100. The second-order valence-corrected chi connectivity index (χ2v) is 4.33. The Balaban J connectivity index is 2.85. The van der Waals surface area contributed by atoms with Gasteiger partial charge in [-0.3, -0.25) is 4.79 Å². The van der Waals surface area contributed by atoms with Crippen LogP contribution in [0.5, 0.6) is 0 Å². The second kappa shape index (κ2) is 3.79. The Kier molecular flexibility index (Phi) is 2.65. The van der Waals surface area contributed by atoms with Gasteiger partial charge in [0, 0.05) is 16.5 Å².